The molecule has 0 spiro atoms. The molecule has 0 bridgehead atoms. The monoisotopic (exact) mass is 279 g/mol. The molecule has 3 nitrogen and oxygen atoms in total. The van der Waals surface area contributed by atoms with Gasteiger partial charge in [0.1, 0.15) is 0 Å². The van der Waals surface area contributed by atoms with Crippen molar-refractivity contribution in [2.24, 2.45) is 5.11 Å². The molecule has 1 aromatic heterocycles. The molecule has 0 atom stereocenters. The van der Waals surface area contributed by atoms with Gasteiger partial charge in [0.2, 0.25) is 0 Å². The van der Waals surface area contributed by atoms with Gasteiger partial charge in [-0.25, -0.2) is 0 Å². The van der Waals surface area contributed by atoms with Crippen molar-refractivity contribution in [1.29, 1.82) is 0 Å². The highest BCUT2D eigenvalue weighted by molar-refractivity contribution is 7.07. The first-order valence-electron chi connectivity index (χ1n) is 7.45. The number of unbranched alkanes of at least 4 members (excludes halogenated alkanes) is 8. The molecule has 0 saturated carbocycles. The van der Waals surface area contributed by atoms with Crippen LogP contribution in [0.5, 0.6) is 0 Å². The molecule has 0 N–H and O–H groups in total. The van der Waals surface area contributed by atoms with E-state index in [1.54, 1.807) is 11.3 Å². The van der Waals surface area contributed by atoms with Crippen LogP contribution in [0.1, 0.15) is 63.4 Å². The van der Waals surface area contributed by atoms with Crippen molar-refractivity contribution in [3.05, 3.63) is 32.8 Å². The van der Waals surface area contributed by atoms with Gasteiger partial charge in [-0.3, -0.25) is 0 Å². The molecule has 0 saturated heterocycles. The van der Waals surface area contributed by atoms with Crippen molar-refractivity contribution in [1.82, 2.24) is 0 Å². The Kier molecular flexibility index (Phi) is 10.2. The molecule has 0 fully saturated rings. The normalized spacial score (nSPS) is 10.3. The van der Waals surface area contributed by atoms with E-state index in [-0.39, 0.29) is 0 Å². The zero-order valence-electron chi connectivity index (χ0n) is 11.8. The first-order valence-corrected chi connectivity index (χ1v) is 8.39. The van der Waals surface area contributed by atoms with Gasteiger partial charge < -0.3 is 0 Å². The highest BCUT2D eigenvalue weighted by atomic mass is 32.1. The van der Waals surface area contributed by atoms with E-state index in [0.717, 1.165) is 6.42 Å². The maximum atomic E-state index is 8.13. The SMILES string of the molecule is [N-]=[N+]=NCCCCCCCCCCCc1ccsc1. The zero-order chi connectivity index (χ0) is 13.6. The van der Waals surface area contributed by atoms with Gasteiger partial charge in [-0.1, -0.05) is 50.1 Å². The second-order valence-corrected chi connectivity index (χ2v) is 5.80. The van der Waals surface area contributed by atoms with E-state index in [1.165, 1.54) is 63.4 Å². The van der Waals surface area contributed by atoms with Gasteiger partial charge in [-0.05, 0) is 47.2 Å². The third-order valence-corrected chi connectivity index (χ3v) is 4.10. The summed E-state index contributed by atoms with van der Waals surface area (Å²) in [5.74, 6) is 0. The van der Waals surface area contributed by atoms with Crippen LogP contribution in [0.3, 0.4) is 0 Å². The predicted molar refractivity (Wildman–Crippen MR) is 83.6 cm³/mol. The molecule has 0 amide bonds. The lowest BCUT2D eigenvalue weighted by Gasteiger charge is -2.01. The van der Waals surface area contributed by atoms with Gasteiger partial charge in [0, 0.05) is 11.5 Å². The van der Waals surface area contributed by atoms with Gasteiger partial charge in [-0.2, -0.15) is 11.3 Å². The summed E-state index contributed by atoms with van der Waals surface area (Å²) in [6, 6.07) is 2.24. The van der Waals surface area contributed by atoms with E-state index in [2.05, 4.69) is 26.9 Å². The molecule has 4 heteroatoms. The summed E-state index contributed by atoms with van der Waals surface area (Å²) < 4.78 is 0. The Bertz CT molecular complexity index is 342. The summed E-state index contributed by atoms with van der Waals surface area (Å²) in [5.41, 5.74) is 9.63. The topological polar surface area (TPSA) is 48.8 Å². The molecule has 0 radical (unpaired) electrons. The Labute approximate surface area is 120 Å². The van der Waals surface area contributed by atoms with Crippen LogP contribution >= 0.6 is 11.3 Å². The number of nitrogens with zero attached hydrogens (tertiary/aromatic N) is 3. The second kappa shape index (κ2) is 12.1. The van der Waals surface area contributed by atoms with Crippen molar-refractivity contribution < 1.29 is 0 Å². The van der Waals surface area contributed by atoms with E-state index in [1.807, 2.05) is 0 Å². The molecule has 0 aliphatic heterocycles. The van der Waals surface area contributed by atoms with Crippen LogP contribution in [-0.4, -0.2) is 6.54 Å². The van der Waals surface area contributed by atoms with Crippen LogP contribution in [0.4, 0.5) is 0 Å². The van der Waals surface area contributed by atoms with Crippen LogP contribution in [0.25, 0.3) is 10.4 Å². The molecule has 106 valence electrons. The highest BCUT2D eigenvalue weighted by Gasteiger charge is 1.95. The highest BCUT2D eigenvalue weighted by Crippen LogP contribution is 2.13. The molecule has 19 heavy (non-hydrogen) atoms. The average Bonchev–Trinajstić information content (AvgIpc) is 2.93. The first-order chi connectivity index (χ1) is 9.43. The summed E-state index contributed by atoms with van der Waals surface area (Å²) in [5, 5.41) is 7.97. The number of rotatable bonds is 12. The lowest BCUT2D eigenvalue weighted by molar-refractivity contribution is 0.560. The van der Waals surface area contributed by atoms with Gasteiger partial charge in [0.05, 0.1) is 0 Å². The molecule has 1 rings (SSSR count). The van der Waals surface area contributed by atoms with Crippen molar-refractivity contribution in [2.45, 2.75) is 64.2 Å². The summed E-state index contributed by atoms with van der Waals surface area (Å²) in [6.45, 7) is 0.666. The minimum absolute atomic E-state index is 0.666. The van der Waals surface area contributed by atoms with Gasteiger partial charge in [-0.15, -0.1) is 0 Å². The summed E-state index contributed by atoms with van der Waals surface area (Å²) in [6.07, 6.45) is 12.9. The van der Waals surface area contributed by atoms with Gasteiger partial charge in [0.15, 0.2) is 0 Å². The standard InChI is InChI=1S/C15H25N3S/c16-18-17-12-9-7-5-3-1-2-4-6-8-10-15-11-13-19-14-15/h11,13-14H,1-10,12H2. The fraction of sp³-hybridized carbons (Fsp3) is 0.733. The molecule has 1 heterocycles. The smallest absolute Gasteiger partial charge is 0.0257 e. The Morgan fingerprint density at radius 1 is 0.947 bits per heavy atom. The predicted octanol–water partition coefficient (Wildman–Crippen LogP) is 6.11. The number of thiophene rings is 1. The molecule has 0 unspecified atom stereocenters. The van der Waals surface area contributed by atoms with Crippen LogP contribution < -0.4 is 0 Å². The fourth-order valence-electron chi connectivity index (χ4n) is 2.23. The molecule has 1 aromatic rings. The number of hydrogen-bond donors (Lipinski definition) is 0. The number of azide groups is 1. The molecular formula is C15H25N3S. The lowest BCUT2D eigenvalue weighted by Crippen LogP contribution is -1.85. The van der Waals surface area contributed by atoms with E-state index < -0.39 is 0 Å². The maximum absolute atomic E-state index is 8.13. The third kappa shape index (κ3) is 9.57. The van der Waals surface area contributed by atoms with Gasteiger partial charge >= 0.3 is 0 Å². The van der Waals surface area contributed by atoms with Crippen molar-refractivity contribution in [3.8, 4) is 0 Å². The lowest BCUT2D eigenvalue weighted by atomic mass is 10.1. The minimum Gasteiger partial charge on any atom is -0.152 e. The first kappa shape index (κ1) is 16.1. The number of aryl methyl sites for hydroxylation is 1. The zero-order valence-corrected chi connectivity index (χ0v) is 12.6. The van der Waals surface area contributed by atoms with E-state index in [4.69, 9.17) is 5.53 Å². The second-order valence-electron chi connectivity index (χ2n) is 5.02. The van der Waals surface area contributed by atoms with Crippen molar-refractivity contribution in [2.75, 3.05) is 6.54 Å². The summed E-state index contributed by atoms with van der Waals surface area (Å²) in [7, 11) is 0. The van der Waals surface area contributed by atoms with Crippen LogP contribution in [-0.2, 0) is 6.42 Å². The average molecular weight is 279 g/mol. The Morgan fingerprint density at radius 3 is 2.16 bits per heavy atom. The van der Waals surface area contributed by atoms with E-state index in [0.29, 0.717) is 6.54 Å². The molecular weight excluding hydrogens is 254 g/mol. The maximum Gasteiger partial charge on any atom is 0.0257 e. The molecule has 0 aliphatic carbocycles. The minimum atomic E-state index is 0.666. The third-order valence-electron chi connectivity index (χ3n) is 3.37. The summed E-state index contributed by atoms with van der Waals surface area (Å²) >= 11 is 1.80. The fourth-order valence-corrected chi connectivity index (χ4v) is 2.93. The largest absolute Gasteiger partial charge is 0.152 e. The number of hydrogen-bond acceptors (Lipinski definition) is 2. The van der Waals surface area contributed by atoms with Crippen LogP contribution in [0, 0.1) is 0 Å². The summed E-state index contributed by atoms with van der Waals surface area (Å²) in [4.78, 5) is 2.76. The Hall–Kier alpha value is -0.990. The van der Waals surface area contributed by atoms with E-state index >= 15 is 0 Å². The molecule has 0 aromatic carbocycles. The Morgan fingerprint density at radius 2 is 1.58 bits per heavy atom. The van der Waals surface area contributed by atoms with Crippen molar-refractivity contribution in [3.63, 3.8) is 0 Å². The van der Waals surface area contributed by atoms with Gasteiger partial charge in [0.25, 0.3) is 0 Å². The van der Waals surface area contributed by atoms with E-state index in [9.17, 15) is 0 Å². The van der Waals surface area contributed by atoms with Crippen LogP contribution in [0.2, 0.25) is 0 Å². The van der Waals surface area contributed by atoms with Crippen LogP contribution in [0.15, 0.2) is 21.9 Å². The Balaban J connectivity index is 1.75. The quantitative estimate of drug-likeness (QED) is 0.192. The molecule has 0 aliphatic rings. The van der Waals surface area contributed by atoms with Crippen molar-refractivity contribution >= 4 is 11.3 Å².